The molecule has 1 fully saturated rings. The van der Waals surface area contributed by atoms with Crippen LogP contribution in [0, 0.1) is 0 Å². The molecule has 0 bridgehead atoms. The molecule has 4 nitrogen and oxygen atoms in total. The Morgan fingerprint density at radius 2 is 1.29 bits per heavy atom. The zero-order valence-electron chi connectivity index (χ0n) is 11.6. The average molecular weight is 263 g/mol. The molecule has 0 aliphatic heterocycles. The lowest BCUT2D eigenvalue weighted by Gasteiger charge is -2.15. The fourth-order valence-electron chi connectivity index (χ4n) is 1.69. The van der Waals surface area contributed by atoms with E-state index in [9.17, 15) is 0 Å². The molecule has 0 amide bonds. The van der Waals surface area contributed by atoms with Gasteiger partial charge >= 0.3 is 9.53 Å². The summed E-state index contributed by atoms with van der Waals surface area (Å²) in [6.07, 6.45) is 6.66. The topological polar surface area (TPSA) is 53.7 Å². The van der Waals surface area contributed by atoms with Crippen molar-refractivity contribution in [1.29, 1.82) is 0 Å². The van der Waals surface area contributed by atoms with Gasteiger partial charge in [-0.05, 0) is 33.6 Å². The minimum atomic E-state index is -1.73. The third kappa shape index (κ3) is 10.9. The van der Waals surface area contributed by atoms with Crippen molar-refractivity contribution in [3.63, 3.8) is 0 Å². The Morgan fingerprint density at radius 3 is 1.53 bits per heavy atom. The minimum Gasteiger partial charge on any atom is -0.376 e. The van der Waals surface area contributed by atoms with Crippen LogP contribution in [-0.2, 0) is 13.3 Å². The lowest BCUT2D eigenvalue weighted by Crippen LogP contribution is -2.27. The van der Waals surface area contributed by atoms with E-state index in [0.29, 0.717) is 25.9 Å². The van der Waals surface area contributed by atoms with Crippen molar-refractivity contribution in [2.45, 2.75) is 58.9 Å². The van der Waals surface area contributed by atoms with Crippen LogP contribution in [0.15, 0.2) is 0 Å². The van der Waals surface area contributed by atoms with Gasteiger partial charge in [-0.1, -0.05) is 19.3 Å². The minimum absolute atomic E-state index is 0.536. The molecule has 2 N–H and O–H groups in total. The summed E-state index contributed by atoms with van der Waals surface area (Å²) in [4.78, 5) is 0. The molecule has 1 aliphatic carbocycles. The summed E-state index contributed by atoms with van der Waals surface area (Å²) in [6, 6.07) is 0.536. The predicted molar refractivity (Wildman–Crippen MR) is 73.1 cm³/mol. The van der Waals surface area contributed by atoms with Crippen LogP contribution in [0.4, 0.5) is 0 Å². The molecule has 0 unspecified atom stereocenters. The van der Waals surface area contributed by atoms with Crippen molar-refractivity contribution in [2.24, 2.45) is 5.73 Å². The van der Waals surface area contributed by atoms with E-state index in [1.807, 2.05) is 20.8 Å². The third-order valence-electron chi connectivity index (χ3n) is 2.56. The maximum atomic E-state index is 5.63. The van der Waals surface area contributed by atoms with Gasteiger partial charge in [0.25, 0.3) is 0 Å². The van der Waals surface area contributed by atoms with Crippen LogP contribution in [0.5, 0.6) is 0 Å². The van der Waals surface area contributed by atoms with Gasteiger partial charge in [0.1, 0.15) is 0 Å². The molecular weight excluding hydrogens is 234 g/mol. The molecule has 104 valence electrons. The SMILES string of the molecule is CCO[SiH](OCC)OCC.NC1CCCCC1. The molecule has 1 saturated carbocycles. The van der Waals surface area contributed by atoms with Gasteiger partial charge in [0.2, 0.25) is 0 Å². The molecule has 0 aromatic carbocycles. The molecule has 0 aromatic heterocycles. The highest BCUT2D eigenvalue weighted by Gasteiger charge is 2.11. The maximum absolute atomic E-state index is 5.63. The average Bonchev–Trinajstić information content (AvgIpc) is 2.32. The lowest BCUT2D eigenvalue weighted by molar-refractivity contribution is 0.107. The van der Waals surface area contributed by atoms with E-state index >= 15 is 0 Å². The van der Waals surface area contributed by atoms with Gasteiger partial charge in [-0.2, -0.15) is 0 Å². The maximum Gasteiger partial charge on any atom is 0.484 e. The first-order valence-corrected chi connectivity index (χ1v) is 8.26. The standard InChI is InChI=1S/C6H13N.C6H16O3Si/c7-6-4-2-1-3-5-6;1-4-7-10(8-5-2)9-6-3/h6H,1-5,7H2;10H,4-6H2,1-3H3. The highest BCUT2D eigenvalue weighted by atomic mass is 28.3. The summed E-state index contributed by atoms with van der Waals surface area (Å²) in [5.74, 6) is 0. The monoisotopic (exact) mass is 263 g/mol. The molecule has 1 aliphatic rings. The Labute approximate surface area is 108 Å². The smallest absolute Gasteiger partial charge is 0.376 e. The molecule has 0 saturated heterocycles. The Kier molecular flexibility index (Phi) is 12.6. The van der Waals surface area contributed by atoms with Crippen LogP contribution in [0.3, 0.4) is 0 Å². The summed E-state index contributed by atoms with van der Waals surface area (Å²) < 4.78 is 15.7. The highest BCUT2D eigenvalue weighted by molar-refractivity contribution is 6.36. The van der Waals surface area contributed by atoms with E-state index in [-0.39, 0.29) is 0 Å². The van der Waals surface area contributed by atoms with Crippen LogP contribution in [-0.4, -0.2) is 35.4 Å². The van der Waals surface area contributed by atoms with Crippen molar-refractivity contribution in [2.75, 3.05) is 19.8 Å². The van der Waals surface area contributed by atoms with Gasteiger partial charge in [-0.15, -0.1) is 0 Å². The Balaban J connectivity index is 0.000000318. The van der Waals surface area contributed by atoms with Crippen molar-refractivity contribution >= 4 is 9.53 Å². The first-order valence-electron chi connectivity index (χ1n) is 6.84. The van der Waals surface area contributed by atoms with Gasteiger partial charge in [0.15, 0.2) is 0 Å². The predicted octanol–water partition coefficient (Wildman–Crippen LogP) is 2.09. The molecule has 0 spiro atoms. The second kappa shape index (κ2) is 12.5. The lowest BCUT2D eigenvalue weighted by atomic mass is 9.97. The summed E-state index contributed by atoms with van der Waals surface area (Å²) in [5, 5.41) is 0. The normalized spacial score (nSPS) is 16.8. The summed E-state index contributed by atoms with van der Waals surface area (Å²) >= 11 is 0. The largest absolute Gasteiger partial charge is 0.484 e. The summed E-state index contributed by atoms with van der Waals surface area (Å²) in [5.41, 5.74) is 5.63. The van der Waals surface area contributed by atoms with Crippen LogP contribution >= 0.6 is 0 Å². The van der Waals surface area contributed by atoms with Crippen molar-refractivity contribution in [3.05, 3.63) is 0 Å². The molecule has 0 radical (unpaired) electrons. The number of hydrogen-bond acceptors (Lipinski definition) is 4. The molecule has 1 rings (SSSR count). The van der Waals surface area contributed by atoms with Crippen molar-refractivity contribution < 1.29 is 13.3 Å². The molecule has 0 heterocycles. The molecule has 17 heavy (non-hydrogen) atoms. The van der Waals surface area contributed by atoms with Crippen LogP contribution in [0.2, 0.25) is 0 Å². The van der Waals surface area contributed by atoms with E-state index < -0.39 is 9.53 Å². The van der Waals surface area contributed by atoms with E-state index in [4.69, 9.17) is 19.0 Å². The van der Waals surface area contributed by atoms with E-state index in [2.05, 4.69) is 0 Å². The first-order chi connectivity index (χ1) is 8.24. The highest BCUT2D eigenvalue weighted by Crippen LogP contribution is 2.14. The van der Waals surface area contributed by atoms with Gasteiger partial charge in [-0.25, -0.2) is 0 Å². The fourth-order valence-corrected chi connectivity index (χ4v) is 2.79. The molecule has 0 aromatic rings. The Bertz CT molecular complexity index is 140. The number of rotatable bonds is 6. The van der Waals surface area contributed by atoms with Crippen molar-refractivity contribution in [3.8, 4) is 0 Å². The van der Waals surface area contributed by atoms with Gasteiger partial charge in [0.05, 0.1) is 0 Å². The van der Waals surface area contributed by atoms with Crippen molar-refractivity contribution in [1.82, 2.24) is 0 Å². The van der Waals surface area contributed by atoms with Crippen LogP contribution in [0.1, 0.15) is 52.9 Å². The molecule has 0 atom stereocenters. The van der Waals surface area contributed by atoms with Gasteiger partial charge in [-0.3, -0.25) is 0 Å². The van der Waals surface area contributed by atoms with E-state index in [0.717, 1.165) is 0 Å². The van der Waals surface area contributed by atoms with E-state index in [1.165, 1.54) is 32.1 Å². The second-order valence-corrected chi connectivity index (χ2v) is 5.63. The van der Waals surface area contributed by atoms with Crippen LogP contribution in [0.25, 0.3) is 0 Å². The molecular formula is C12H29NO3Si. The second-order valence-electron chi connectivity index (χ2n) is 4.05. The van der Waals surface area contributed by atoms with Gasteiger partial charge in [0, 0.05) is 25.9 Å². The Hall–Kier alpha value is 0.0569. The third-order valence-corrected chi connectivity index (χ3v) is 4.37. The summed E-state index contributed by atoms with van der Waals surface area (Å²) in [6.45, 7) is 7.86. The summed E-state index contributed by atoms with van der Waals surface area (Å²) in [7, 11) is -1.73. The number of hydrogen-bond donors (Lipinski definition) is 1. The van der Waals surface area contributed by atoms with Crippen LogP contribution < -0.4 is 5.73 Å². The van der Waals surface area contributed by atoms with Gasteiger partial charge < -0.3 is 19.0 Å². The zero-order chi connectivity index (χ0) is 12.9. The number of nitrogens with two attached hydrogens (primary N) is 1. The Morgan fingerprint density at radius 1 is 0.882 bits per heavy atom. The zero-order valence-corrected chi connectivity index (χ0v) is 12.8. The molecule has 5 heteroatoms. The quantitative estimate of drug-likeness (QED) is 0.746. The first kappa shape index (κ1) is 17.1. The van der Waals surface area contributed by atoms with E-state index in [1.54, 1.807) is 0 Å². The fraction of sp³-hybridized carbons (Fsp3) is 1.00.